The minimum atomic E-state index is -0.569. The van der Waals surface area contributed by atoms with Crippen LogP contribution in [0, 0.1) is 5.82 Å². The van der Waals surface area contributed by atoms with Crippen molar-refractivity contribution < 1.29 is 23.5 Å². The maximum atomic E-state index is 14.9. The molecule has 1 fully saturated rings. The molecule has 35 heavy (non-hydrogen) atoms. The molecule has 7 nitrogen and oxygen atoms in total. The zero-order valence-corrected chi connectivity index (χ0v) is 21.3. The predicted molar refractivity (Wildman–Crippen MR) is 136 cm³/mol. The quantitative estimate of drug-likeness (QED) is 0.486. The average Bonchev–Trinajstić information content (AvgIpc) is 3.28. The van der Waals surface area contributed by atoms with E-state index < -0.39 is 11.4 Å². The second kappa shape index (κ2) is 11.4. The van der Waals surface area contributed by atoms with Gasteiger partial charge in [0.15, 0.2) is 0 Å². The van der Waals surface area contributed by atoms with Gasteiger partial charge < -0.3 is 24.6 Å². The number of carbonyl (C=O) groups is 2. The highest BCUT2D eigenvalue weighted by atomic mass is 19.1. The van der Waals surface area contributed by atoms with Gasteiger partial charge >= 0.3 is 6.09 Å². The number of unbranched alkanes of at least 4 members (excludes halogenated alkanes) is 1. The van der Waals surface area contributed by atoms with Crippen LogP contribution in [0.3, 0.4) is 0 Å². The molecule has 1 atom stereocenters. The Hall–Kier alpha value is -3.29. The average molecular weight is 486 g/mol. The number of hydrogen-bond donors (Lipinski definition) is 1. The molecule has 0 aliphatic carbocycles. The first-order chi connectivity index (χ1) is 16.6. The summed E-state index contributed by atoms with van der Waals surface area (Å²) in [5.74, 6) is -0.0350. The van der Waals surface area contributed by atoms with Gasteiger partial charge in [-0.15, -0.1) is 0 Å². The number of carbonyl (C=O) groups excluding carboxylic acids is 2. The minimum Gasteiger partial charge on any atom is -0.494 e. The fraction of sp³-hybridized carbons (Fsp3) is 0.481. The van der Waals surface area contributed by atoms with E-state index in [0.29, 0.717) is 48.8 Å². The van der Waals surface area contributed by atoms with Crippen molar-refractivity contribution in [3.8, 4) is 5.75 Å². The molecule has 0 spiro atoms. The van der Waals surface area contributed by atoms with Crippen molar-refractivity contribution in [2.24, 2.45) is 0 Å². The topological polar surface area (TPSA) is 71.1 Å². The van der Waals surface area contributed by atoms with Crippen LogP contribution >= 0.6 is 0 Å². The van der Waals surface area contributed by atoms with Gasteiger partial charge in [0.1, 0.15) is 17.2 Å². The Labute approximate surface area is 207 Å². The van der Waals surface area contributed by atoms with E-state index in [0.717, 1.165) is 12.8 Å². The van der Waals surface area contributed by atoms with Gasteiger partial charge in [-0.05, 0) is 76.1 Å². The molecule has 1 saturated heterocycles. The predicted octanol–water partition coefficient (Wildman–Crippen LogP) is 5.70. The highest BCUT2D eigenvalue weighted by Crippen LogP contribution is 2.28. The molecule has 8 heteroatoms. The van der Waals surface area contributed by atoms with Crippen LogP contribution in [0.15, 0.2) is 42.5 Å². The van der Waals surface area contributed by atoms with Crippen LogP contribution in [0.25, 0.3) is 0 Å². The highest BCUT2D eigenvalue weighted by molar-refractivity contribution is 6.04. The number of anilines is 2. The second-order valence-electron chi connectivity index (χ2n) is 9.83. The lowest BCUT2D eigenvalue weighted by atomic mass is 10.2. The van der Waals surface area contributed by atoms with Crippen LogP contribution in [0.5, 0.6) is 5.75 Å². The summed E-state index contributed by atoms with van der Waals surface area (Å²) < 4.78 is 26.0. The number of rotatable bonds is 8. The maximum Gasteiger partial charge on any atom is 0.410 e. The van der Waals surface area contributed by atoms with Crippen molar-refractivity contribution in [3.05, 3.63) is 53.8 Å². The third-order valence-electron chi connectivity index (χ3n) is 5.82. The normalized spacial score (nSPS) is 15.6. The molecule has 2 aromatic rings. The fourth-order valence-corrected chi connectivity index (χ4v) is 3.84. The SMILES string of the molecule is CCCCOc1ccc(C(=O)Nc2ccc(N3CCC(N(C)C(=O)OC(C)(C)C)C3)c(F)c2)cc1. The van der Waals surface area contributed by atoms with Gasteiger partial charge in [-0.1, -0.05) is 13.3 Å². The van der Waals surface area contributed by atoms with E-state index in [1.807, 2.05) is 25.7 Å². The summed E-state index contributed by atoms with van der Waals surface area (Å²) in [5, 5.41) is 2.74. The Kier molecular flexibility index (Phi) is 8.59. The summed E-state index contributed by atoms with van der Waals surface area (Å²) in [6.07, 6.45) is 2.36. The molecule has 1 aliphatic heterocycles. The number of ether oxygens (including phenoxy) is 2. The van der Waals surface area contributed by atoms with E-state index in [2.05, 4.69) is 12.2 Å². The largest absolute Gasteiger partial charge is 0.494 e. The van der Waals surface area contributed by atoms with Crippen molar-refractivity contribution in [3.63, 3.8) is 0 Å². The van der Waals surface area contributed by atoms with Crippen LogP contribution in [0.2, 0.25) is 0 Å². The van der Waals surface area contributed by atoms with Gasteiger partial charge in [0, 0.05) is 31.4 Å². The van der Waals surface area contributed by atoms with E-state index >= 15 is 0 Å². The van der Waals surface area contributed by atoms with Gasteiger partial charge in [-0.3, -0.25) is 4.79 Å². The Morgan fingerprint density at radius 3 is 2.51 bits per heavy atom. The third-order valence-corrected chi connectivity index (χ3v) is 5.82. The van der Waals surface area contributed by atoms with E-state index in [9.17, 15) is 14.0 Å². The zero-order chi connectivity index (χ0) is 25.6. The van der Waals surface area contributed by atoms with Gasteiger partial charge in [-0.25, -0.2) is 9.18 Å². The molecule has 0 radical (unpaired) electrons. The molecular weight excluding hydrogens is 449 g/mol. The standard InChI is InChI=1S/C27H36FN3O4/c1-6-7-16-34-22-11-8-19(9-12-22)25(32)29-20-10-13-24(23(28)17-20)31-15-14-21(18-31)30(5)26(33)35-27(2,3)4/h8-13,17,21H,6-7,14-16,18H2,1-5H3,(H,29,32). The number of amides is 2. The van der Waals surface area contributed by atoms with Crippen molar-refractivity contribution in [2.75, 3.05) is 37.0 Å². The number of likely N-dealkylation sites (N-methyl/N-ethyl adjacent to an activating group) is 1. The van der Waals surface area contributed by atoms with Crippen molar-refractivity contribution >= 4 is 23.4 Å². The first-order valence-electron chi connectivity index (χ1n) is 12.1. The lowest BCUT2D eigenvalue weighted by Gasteiger charge is -2.29. The minimum absolute atomic E-state index is 0.0717. The number of hydrogen-bond acceptors (Lipinski definition) is 5. The smallest absolute Gasteiger partial charge is 0.410 e. The summed E-state index contributed by atoms with van der Waals surface area (Å²) >= 11 is 0. The van der Waals surface area contributed by atoms with Crippen LogP contribution in [0.1, 0.15) is 57.3 Å². The first-order valence-corrected chi connectivity index (χ1v) is 12.1. The van der Waals surface area contributed by atoms with Crippen LogP contribution < -0.4 is 15.0 Å². The van der Waals surface area contributed by atoms with E-state index in [1.54, 1.807) is 48.3 Å². The van der Waals surface area contributed by atoms with Gasteiger partial charge in [0.25, 0.3) is 5.91 Å². The Morgan fingerprint density at radius 1 is 1.17 bits per heavy atom. The summed E-state index contributed by atoms with van der Waals surface area (Å²) in [7, 11) is 1.71. The molecule has 0 aromatic heterocycles. The lowest BCUT2D eigenvalue weighted by Crippen LogP contribution is -2.42. The molecule has 1 aliphatic rings. The van der Waals surface area contributed by atoms with Crippen LogP contribution in [-0.4, -0.2) is 55.3 Å². The van der Waals surface area contributed by atoms with Gasteiger partial charge in [0.05, 0.1) is 18.3 Å². The Bertz CT molecular complexity index is 1020. The molecule has 0 saturated carbocycles. The lowest BCUT2D eigenvalue weighted by molar-refractivity contribution is 0.0237. The number of halogens is 1. The van der Waals surface area contributed by atoms with Crippen molar-refractivity contribution in [1.82, 2.24) is 4.90 Å². The first kappa shape index (κ1) is 26.3. The van der Waals surface area contributed by atoms with E-state index in [-0.39, 0.29) is 18.0 Å². The molecule has 2 aromatic carbocycles. The molecule has 2 amide bonds. The number of nitrogens with one attached hydrogen (secondary N) is 1. The van der Waals surface area contributed by atoms with E-state index in [1.165, 1.54) is 6.07 Å². The van der Waals surface area contributed by atoms with Crippen molar-refractivity contribution in [2.45, 2.75) is 58.6 Å². The molecular formula is C27H36FN3O4. The molecule has 1 unspecified atom stereocenters. The fourth-order valence-electron chi connectivity index (χ4n) is 3.84. The van der Waals surface area contributed by atoms with Gasteiger partial charge in [0.2, 0.25) is 0 Å². The van der Waals surface area contributed by atoms with Gasteiger partial charge in [-0.2, -0.15) is 0 Å². The highest BCUT2D eigenvalue weighted by Gasteiger charge is 2.32. The Balaban J connectivity index is 1.58. The third kappa shape index (κ3) is 7.34. The van der Waals surface area contributed by atoms with Crippen LogP contribution in [0.4, 0.5) is 20.6 Å². The number of benzene rings is 2. The Morgan fingerprint density at radius 2 is 1.89 bits per heavy atom. The van der Waals surface area contributed by atoms with Crippen molar-refractivity contribution in [1.29, 1.82) is 0 Å². The molecule has 0 bridgehead atoms. The second-order valence-corrected chi connectivity index (χ2v) is 9.83. The van der Waals surface area contributed by atoms with Crippen LogP contribution in [-0.2, 0) is 4.74 Å². The zero-order valence-electron chi connectivity index (χ0n) is 21.3. The summed E-state index contributed by atoms with van der Waals surface area (Å²) in [6.45, 7) is 9.34. The number of nitrogens with zero attached hydrogens (tertiary/aromatic N) is 2. The monoisotopic (exact) mass is 485 g/mol. The van der Waals surface area contributed by atoms with E-state index in [4.69, 9.17) is 9.47 Å². The summed E-state index contributed by atoms with van der Waals surface area (Å²) in [4.78, 5) is 28.4. The molecule has 190 valence electrons. The summed E-state index contributed by atoms with van der Waals surface area (Å²) in [6, 6.07) is 11.5. The summed E-state index contributed by atoms with van der Waals surface area (Å²) in [5.41, 5.74) is 0.711. The molecule has 1 N–H and O–H groups in total. The molecule has 3 rings (SSSR count). The molecule has 1 heterocycles. The maximum absolute atomic E-state index is 14.9.